The maximum Gasteiger partial charge on any atom is 0.474 e. The molecule has 0 aromatic carbocycles. The van der Waals surface area contributed by atoms with Gasteiger partial charge in [0.2, 0.25) is 0 Å². The molecule has 0 aliphatic carbocycles. The third-order valence-electron chi connectivity index (χ3n) is 14.4. The molecule has 0 saturated carbocycles. The summed E-state index contributed by atoms with van der Waals surface area (Å²) in [6.07, 6.45) is 60.1. The van der Waals surface area contributed by atoms with Crippen LogP contribution in [0.4, 0.5) is 0 Å². The van der Waals surface area contributed by atoms with E-state index in [1.54, 1.807) is 0 Å². The number of unbranched alkanes of at least 4 members (excludes halogenated alkanes) is 36. The van der Waals surface area contributed by atoms with E-state index >= 15 is 0 Å². The molecule has 0 radical (unpaired) electrons. The van der Waals surface area contributed by atoms with E-state index < -0.39 is 7.82 Å². The van der Waals surface area contributed by atoms with Gasteiger partial charge in [0, 0.05) is 0 Å². The van der Waals surface area contributed by atoms with Crippen molar-refractivity contribution in [1.29, 1.82) is 0 Å². The van der Waals surface area contributed by atoms with Gasteiger partial charge in [0.05, 0.1) is 19.8 Å². The summed E-state index contributed by atoms with van der Waals surface area (Å²) < 4.78 is 31.5. The average molecular weight is 898 g/mol. The molecule has 0 fully saturated rings. The van der Waals surface area contributed by atoms with Crippen LogP contribution < -0.4 is 0 Å². The Morgan fingerprint density at radius 1 is 0.258 bits per heavy atom. The zero-order valence-corrected chi connectivity index (χ0v) is 44.6. The van der Waals surface area contributed by atoms with Crippen LogP contribution in [0.3, 0.4) is 0 Å². The molecule has 62 heavy (non-hydrogen) atoms. The molecule has 374 valence electrons. The lowest BCUT2D eigenvalue weighted by molar-refractivity contribution is 0.108. The molecule has 0 aromatic heterocycles. The highest BCUT2D eigenvalue weighted by Gasteiger charge is 2.26. The van der Waals surface area contributed by atoms with Gasteiger partial charge in [0.25, 0.3) is 0 Å². The Balaban J connectivity index is 4.12. The first kappa shape index (κ1) is 62.1. The second-order valence-corrected chi connectivity index (χ2v) is 22.3. The Bertz CT molecular complexity index is 771. The topological polar surface area (TPSA) is 44.8 Å². The number of hydrogen-bond donors (Lipinski definition) is 0. The van der Waals surface area contributed by atoms with Crippen molar-refractivity contribution < 1.29 is 18.1 Å². The minimum Gasteiger partial charge on any atom is -0.287 e. The first-order chi connectivity index (χ1) is 30.4. The van der Waals surface area contributed by atoms with Crippen LogP contribution in [0, 0.1) is 17.8 Å². The van der Waals surface area contributed by atoms with E-state index in [0.29, 0.717) is 19.8 Å². The lowest BCUT2D eigenvalue weighted by Gasteiger charge is -2.18. The molecular formula is C57H117O4P. The molecule has 0 aromatic rings. The van der Waals surface area contributed by atoms with Gasteiger partial charge < -0.3 is 0 Å². The van der Waals surface area contributed by atoms with Gasteiger partial charge in [-0.1, -0.05) is 311 Å². The van der Waals surface area contributed by atoms with Crippen LogP contribution in [0.1, 0.15) is 330 Å². The van der Waals surface area contributed by atoms with Crippen molar-refractivity contribution in [3.63, 3.8) is 0 Å². The summed E-state index contributed by atoms with van der Waals surface area (Å²) in [6.45, 7) is 15.6. The molecular weight excluding hydrogens is 780 g/mol. The van der Waals surface area contributed by atoms with Gasteiger partial charge in [0.15, 0.2) is 0 Å². The highest BCUT2D eigenvalue weighted by atomic mass is 31.2. The molecule has 0 spiro atoms. The van der Waals surface area contributed by atoms with E-state index in [4.69, 9.17) is 13.6 Å². The Kier molecular flexibility index (Phi) is 50.6. The first-order valence-corrected chi connectivity index (χ1v) is 30.4. The van der Waals surface area contributed by atoms with Gasteiger partial charge in [-0.25, -0.2) is 4.57 Å². The number of phosphoric ester groups is 1. The third kappa shape index (κ3) is 48.1. The fourth-order valence-corrected chi connectivity index (χ4v) is 10.2. The zero-order valence-electron chi connectivity index (χ0n) is 43.8. The summed E-state index contributed by atoms with van der Waals surface area (Å²) in [5, 5.41) is 0. The fourth-order valence-electron chi connectivity index (χ4n) is 8.87. The minimum absolute atomic E-state index is 0.477. The van der Waals surface area contributed by atoms with Gasteiger partial charge in [-0.05, 0) is 37.0 Å². The SMILES string of the molecule is CCC(C)CCCCCCCCCCCCCCCOP(=O)(OCCCCCCCCCCCCCCCC(C)CC)OCCCCCCCCCCCCCCCC(C)CC. The Morgan fingerprint density at radius 2 is 0.403 bits per heavy atom. The zero-order chi connectivity index (χ0) is 45.3. The normalized spacial score (nSPS) is 14.4. The van der Waals surface area contributed by atoms with Gasteiger partial charge in [-0.15, -0.1) is 0 Å². The first-order valence-electron chi connectivity index (χ1n) is 28.9. The van der Waals surface area contributed by atoms with Crippen LogP contribution in [0.5, 0.6) is 0 Å². The minimum atomic E-state index is -3.50. The molecule has 0 bridgehead atoms. The summed E-state index contributed by atoms with van der Waals surface area (Å²) in [5.41, 5.74) is 0. The van der Waals surface area contributed by atoms with Crippen molar-refractivity contribution in [2.24, 2.45) is 17.8 Å². The summed E-state index contributed by atoms with van der Waals surface area (Å²) >= 11 is 0. The van der Waals surface area contributed by atoms with Crippen molar-refractivity contribution in [2.75, 3.05) is 19.8 Å². The lowest BCUT2D eigenvalue weighted by Crippen LogP contribution is -2.04. The van der Waals surface area contributed by atoms with E-state index in [9.17, 15) is 4.57 Å². The van der Waals surface area contributed by atoms with Crippen molar-refractivity contribution in [2.45, 2.75) is 330 Å². The second kappa shape index (κ2) is 50.5. The Hall–Kier alpha value is 0.110. The number of hydrogen-bond acceptors (Lipinski definition) is 4. The monoisotopic (exact) mass is 897 g/mol. The molecule has 3 unspecified atom stereocenters. The van der Waals surface area contributed by atoms with Gasteiger partial charge in [-0.3, -0.25) is 13.6 Å². The summed E-state index contributed by atoms with van der Waals surface area (Å²) in [6, 6.07) is 0. The van der Waals surface area contributed by atoms with Crippen molar-refractivity contribution in [3.05, 3.63) is 0 Å². The van der Waals surface area contributed by atoms with Gasteiger partial charge in [-0.2, -0.15) is 0 Å². The van der Waals surface area contributed by atoms with Crippen LogP contribution in [-0.2, 0) is 18.1 Å². The van der Waals surface area contributed by atoms with Crippen LogP contribution in [-0.4, -0.2) is 19.8 Å². The molecule has 0 saturated heterocycles. The van der Waals surface area contributed by atoms with Crippen LogP contribution >= 0.6 is 7.82 Å². The van der Waals surface area contributed by atoms with Crippen molar-refractivity contribution in [3.8, 4) is 0 Å². The van der Waals surface area contributed by atoms with Crippen LogP contribution in [0.25, 0.3) is 0 Å². The van der Waals surface area contributed by atoms with E-state index in [0.717, 1.165) is 56.3 Å². The molecule has 0 N–H and O–H groups in total. The number of phosphoric acid groups is 1. The van der Waals surface area contributed by atoms with Crippen molar-refractivity contribution >= 4 is 7.82 Å². The molecule has 0 aliphatic heterocycles. The fraction of sp³-hybridized carbons (Fsp3) is 1.00. The predicted molar refractivity (Wildman–Crippen MR) is 278 cm³/mol. The average Bonchev–Trinajstić information content (AvgIpc) is 3.28. The van der Waals surface area contributed by atoms with Crippen LogP contribution in [0.15, 0.2) is 0 Å². The molecule has 0 rings (SSSR count). The lowest BCUT2D eigenvalue weighted by atomic mass is 9.99. The second-order valence-electron chi connectivity index (χ2n) is 20.6. The molecule has 3 atom stereocenters. The summed E-state index contributed by atoms with van der Waals surface area (Å²) in [7, 11) is -3.50. The Labute approximate surface area is 392 Å². The summed E-state index contributed by atoms with van der Waals surface area (Å²) in [5.74, 6) is 2.73. The standard InChI is InChI=1S/C57H117O4P/c1-7-55(4)49-43-37-31-25-19-13-10-16-22-28-34-40-46-52-59-62(58,60-53-47-41-35-29-23-17-11-14-20-26-32-38-44-50-56(5)8-2)61-54-48-42-36-30-24-18-12-15-21-27-33-39-45-51-57(6)9-3/h55-57H,7-54H2,1-6H3. The number of rotatable bonds is 54. The Morgan fingerprint density at radius 3 is 0.565 bits per heavy atom. The highest BCUT2D eigenvalue weighted by molar-refractivity contribution is 7.48. The maximum atomic E-state index is 13.7. The van der Waals surface area contributed by atoms with Crippen molar-refractivity contribution in [1.82, 2.24) is 0 Å². The molecule has 0 aliphatic rings. The third-order valence-corrected chi connectivity index (χ3v) is 15.9. The van der Waals surface area contributed by atoms with Gasteiger partial charge in [0.1, 0.15) is 0 Å². The molecule has 4 nitrogen and oxygen atoms in total. The summed E-state index contributed by atoms with van der Waals surface area (Å²) in [4.78, 5) is 0. The van der Waals surface area contributed by atoms with Crippen LogP contribution in [0.2, 0.25) is 0 Å². The highest BCUT2D eigenvalue weighted by Crippen LogP contribution is 2.50. The van der Waals surface area contributed by atoms with E-state index in [-0.39, 0.29) is 0 Å². The van der Waals surface area contributed by atoms with E-state index in [2.05, 4.69) is 41.5 Å². The maximum absolute atomic E-state index is 13.7. The van der Waals surface area contributed by atoms with E-state index in [1.165, 1.54) is 250 Å². The molecule has 0 heterocycles. The largest absolute Gasteiger partial charge is 0.474 e. The quantitative estimate of drug-likeness (QED) is 0.0451. The smallest absolute Gasteiger partial charge is 0.287 e. The molecule has 5 heteroatoms. The van der Waals surface area contributed by atoms with Gasteiger partial charge >= 0.3 is 7.82 Å². The van der Waals surface area contributed by atoms with E-state index in [1.807, 2.05) is 0 Å². The predicted octanol–water partition coefficient (Wildman–Crippen LogP) is 21.7. The molecule has 0 amide bonds.